The minimum Gasteiger partial charge on any atom is -0.490 e. The monoisotopic (exact) mass is 279 g/mol. The van der Waals surface area contributed by atoms with Crippen LogP contribution >= 0.6 is 10.7 Å². The molecule has 92 valence electrons. The number of carbonyl (C=O) groups excluding carboxylic acids is 1. The van der Waals surface area contributed by atoms with Gasteiger partial charge in [0.25, 0.3) is 9.05 Å². The number of methoxy groups -OCH3 is 1. The molecule has 0 fully saturated rings. The van der Waals surface area contributed by atoms with Crippen molar-refractivity contribution in [2.75, 3.05) is 7.11 Å². The Bertz CT molecular complexity index is 582. The van der Waals surface area contributed by atoms with Crippen LogP contribution in [0.3, 0.4) is 0 Å². The second-order valence-corrected chi connectivity index (χ2v) is 5.41. The Morgan fingerprint density at radius 1 is 1.47 bits per heavy atom. The van der Waals surface area contributed by atoms with Crippen LogP contribution in [0.15, 0.2) is 17.0 Å². The van der Waals surface area contributed by atoms with E-state index in [1.807, 2.05) is 0 Å². The maximum atomic E-state index is 11.1. The summed E-state index contributed by atoms with van der Waals surface area (Å²) in [4.78, 5) is 20.0. The summed E-state index contributed by atoms with van der Waals surface area (Å²) in [5.41, 5.74) is -0.911. The third-order valence-corrected chi connectivity index (χ3v) is 3.28. The molecule has 0 bridgehead atoms. The molecule has 1 aromatic rings. The third kappa shape index (κ3) is 2.71. The van der Waals surface area contributed by atoms with E-state index in [0.29, 0.717) is 0 Å². The lowest BCUT2D eigenvalue weighted by Gasteiger charge is -2.05. The number of nitro groups is 1. The highest BCUT2D eigenvalue weighted by Crippen LogP contribution is 2.33. The van der Waals surface area contributed by atoms with E-state index < -0.39 is 30.1 Å². The standard InChI is InChI=1S/C8H6ClNO6S/c1-16-7-3-8(17(9,14)15)5(4-11)2-6(7)10(12)13/h2-4H,1H3. The highest BCUT2D eigenvalue weighted by atomic mass is 35.7. The van der Waals surface area contributed by atoms with E-state index >= 15 is 0 Å². The van der Waals surface area contributed by atoms with Gasteiger partial charge in [-0.1, -0.05) is 0 Å². The van der Waals surface area contributed by atoms with E-state index in [2.05, 4.69) is 4.74 Å². The van der Waals surface area contributed by atoms with E-state index in [-0.39, 0.29) is 12.0 Å². The van der Waals surface area contributed by atoms with Gasteiger partial charge in [-0.25, -0.2) is 8.42 Å². The Kier molecular flexibility index (Phi) is 3.69. The Morgan fingerprint density at radius 2 is 2.06 bits per heavy atom. The van der Waals surface area contributed by atoms with Gasteiger partial charge in [-0.3, -0.25) is 14.9 Å². The molecule has 0 unspecified atom stereocenters. The number of benzene rings is 1. The van der Waals surface area contributed by atoms with Gasteiger partial charge in [0.1, 0.15) is 0 Å². The van der Waals surface area contributed by atoms with Crippen LogP contribution in [0.25, 0.3) is 0 Å². The summed E-state index contributed by atoms with van der Waals surface area (Å²) in [6.07, 6.45) is 0.168. The van der Waals surface area contributed by atoms with Crippen LogP contribution < -0.4 is 4.74 Å². The van der Waals surface area contributed by atoms with Gasteiger partial charge in [0.2, 0.25) is 0 Å². The van der Waals surface area contributed by atoms with Crippen molar-refractivity contribution >= 4 is 31.7 Å². The van der Waals surface area contributed by atoms with Gasteiger partial charge in [0.05, 0.1) is 16.9 Å². The van der Waals surface area contributed by atoms with Gasteiger partial charge in [-0.05, 0) is 0 Å². The van der Waals surface area contributed by atoms with Crippen LogP contribution in [-0.2, 0) is 9.05 Å². The molecule has 17 heavy (non-hydrogen) atoms. The lowest BCUT2D eigenvalue weighted by Crippen LogP contribution is -2.02. The molecule has 0 aliphatic heterocycles. The van der Waals surface area contributed by atoms with Crippen molar-refractivity contribution < 1.29 is 22.9 Å². The van der Waals surface area contributed by atoms with Crippen LogP contribution in [0, 0.1) is 10.1 Å². The number of nitrogens with zero attached hydrogens (tertiary/aromatic N) is 1. The number of hydrogen-bond acceptors (Lipinski definition) is 6. The molecule has 0 saturated carbocycles. The number of halogens is 1. The quantitative estimate of drug-likeness (QED) is 0.356. The van der Waals surface area contributed by atoms with E-state index in [1.54, 1.807) is 0 Å². The third-order valence-electron chi connectivity index (χ3n) is 1.90. The Labute approximate surface area is 101 Å². The smallest absolute Gasteiger partial charge is 0.311 e. The average Bonchev–Trinajstić information content (AvgIpc) is 2.25. The molecular formula is C8H6ClNO6S. The molecule has 0 spiro atoms. The Hall–Kier alpha value is -1.67. The first-order chi connectivity index (χ1) is 7.81. The molecule has 0 saturated heterocycles. The number of nitro benzene ring substituents is 1. The molecule has 1 aromatic carbocycles. The maximum absolute atomic E-state index is 11.1. The summed E-state index contributed by atoms with van der Waals surface area (Å²) in [5.74, 6) is -0.292. The summed E-state index contributed by atoms with van der Waals surface area (Å²) in [7, 11) is 2.04. The van der Waals surface area contributed by atoms with Crippen LogP contribution in [0.1, 0.15) is 10.4 Å². The zero-order chi connectivity index (χ0) is 13.2. The fraction of sp³-hybridized carbons (Fsp3) is 0.125. The number of aldehydes is 1. The van der Waals surface area contributed by atoms with Crippen LogP contribution in [-0.4, -0.2) is 26.7 Å². The van der Waals surface area contributed by atoms with Crippen molar-refractivity contribution in [2.45, 2.75) is 4.90 Å². The molecule has 0 atom stereocenters. The fourth-order valence-corrected chi connectivity index (χ4v) is 2.21. The zero-order valence-corrected chi connectivity index (χ0v) is 9.99. The second kappa shape index (κ2) is 4.68. The Balaban J connectivity index is 3.66. The predicted molar refractivity (Wildman–Crippen MR) is 58.1 cm³/mol. The van der Waals surface area contributed by atoms with Crippen LogP contribution in [0.5, 0.6) is 5.75 Å². The minimum absolute atomic E-state index is 0.168. The van der Waals surface area contributed by atoms with Crippen molar-refractivity contribution in [1.82, 2.24) is 0 Å². The van der Waals surface area contributed by atoms with Crippen molar-refractivity contribution in [3.8, 4) is 5.75 Å². The topological polar surface area (TPSA) is 104 Å². The molecule has 0 aliphatic rings. The average molecular weight is 280 g/mol. The molecule has 0 aliphatic carbocycles. The molecule has 0 N–H and O–H groups in total. The summed E-state index contributed by atoms with van der Waals surface area (Å²) < 4.78 is 26.9. The van der Waals surface area contributed by atoms with Crippen LogP contribution in [0.2, 0.25) is 0 Å². The van der Waals surface area contributed by atoms with E-state index in [1.165, 1.54) is 0 Å². The summed E-state index contributed by atoms with van der Waals surface area (Å²) >= 11 is 0. The van der Waals surface area contributed by atoms with Gasteiger partial charge in [-0.15, -0.1) is 0 Å². The van der Waals surface area contributed by atoms with Crippen LogP contribution in [0.4, 0.5) is 5.69 Å². The molecular weight excluding hydrogens is 274 g/mol. The van der Waals surface area contributed by atoms with Crippen molar-refractivity contribution in [1.29, 1.82) is 0 Å². The first-order valence-corrected chi connectivity index (χ1v) is 6.38. The number of ether oxygens (including phenoxy) is 1. The summed E-state index contributed by atoms with van der Waals surface area (Å²) in [6, 6.07) is 1.63. The number of rotatable bonds is 4. The van der Waals surface area contributed by atoms with Gasteiger partial charge < -0.3 is 4.74 Å². The zero-order valence-electron chi connectivity index (χ0n) is 8.41. The SMILES string of the molecule is COc1cc(S(=O)(=O)Cl)c(C=O)cc1[N+](=O)[O-]. The molecule has 9 heteroatoms. The molecule has 7 nitrogen and oxygen atoms in total. The first kappa shape index (κ1) is 13.4. The van der Waals surface area contributed by atoms with Crippen molar-refractivity contribution in [2.24, 2.45) is 0 Å². The summed E-state index contributed by atoms with van der Waals surface area (Å²) in [6.45, 7) is 0. The second-order valence-electron chi connectivity index (χ2n) is 2.87. The van der Waals surface area contributed by atoms with Gasteiger partial charge in [0.15, 0.2) is 12.0 Å². The van der Waals surface area contributed by atoms with E-state index in [4.69, 9.17) is 10.7 Å². The van der Waals surface area contributed by atoms with Gasteiger partial charge in [-0.2, -0.15) is 0 Å². The summed E-state index contributed by atoms with van der Waals surface area (Å²) in [5, 5.41) is 10.6. The molecule has 0 heterocycles. The van der Waals surface area contributed by atoms with Gasteiger partial charge in [0, 0.05) is 28.4 Å². The highest BCUT2D eigenvalue weighted by Gasteiger charge is 2.24. The number of hydrogen-bond donors (Lipinski definition) is 0. The highest BCUT2D eigenvalue weighted by molar-refractivity contribution is 8.13. The largest absolute Gasteiger partial charge is 0.490 e. The lowest BCUT2D eigenvalue weighted by molar-refractivity contribution is -0.385. The molecule has 0 amide bonds. The predicted octanol–water partition coefficient (Wildman–Crippen LogP) is 1.34. The van der Waals surface area contributed by atoms with Gasteiger partial charge >= 0.3 is 5.69 Å². The van der Waals surface area contributed by atoms with E-state index in [0.717, 1.165) is 19.2 Å². The minimum atomic E-state index is -4.18. The van der Waals surface area contributed by atoms with Crippen molar-refractivity contribution in [3.63, 3.8) is 0 Å². The first-order valence-electron chi connectivity index (χ1n) is 4.07. The molecule has 0 radical (unpaired) electrons. The lowest BCUT2D eigenvalue weighted by atomic mass is 10.2. The fourth-order valence-electron chi connectivity index (χ4n) is 1.18. The number of carbonyl (C=O) groups is 1. The normalized spacial score (nSPS) is 10.9. The molecule has 0 aromatic heterocycles. The van der Waals surface area contributed by atoms with E-state index in [9.17, 15) is 23.3 Å². The Morgan fingerprint density at radius 3 is 2.41 bits per heavy atom. The molecule has 1 rings (SSSR count). The maximum Gasteiger partial charge on any atom is 0.311 e. The van der Waals surface area contributed by atoms with Crippen molar-refractivity contribution in [3.05, 3.63) is 27.8 Å².